The molecular formula is C10H12FNO2S. The van der Waals surface area contributed by atoms with Gasteiger partial charge in [-0.25, -0.2) is 0 Å². The third kappa shape index (κ3) is 8.96. The summed E-state index contributed by atoms with van der Waals surface area (Å²) in [6, 6.07) is 0. The molecule has 82 valence electrons. The lowest BCUT2D eigenvalue weighted by Gasteiger charge is -1.93. The number of rotatable bonds is 7. The molecule has 0 unspecified atom stereocenters. The third-order valence-corrected chi connectivity index (χ3v) is 1.48. The van der Waals surface area contributed by atoms with Crippen molar-refractivity contribution in [2.24, 2.45) is 5.16 Å². The van der Waals surface area contributed by atoms with Crippen molar-refractivity contribution in [2.45, 2.75) is 6.92 Å². The number of nitrogens with zero attached hydrogens (tertiary/aromatic N) is 1. The Morgan fingerprint density at radius 3 is 2.73 bits per heavy atom. The molecule has 0 fully saturated rings. The van der Waals surface area contributed by atoms with Gasteiger partial charge < -0.3 is 4.84 Å². The van der Waals surface area contributed by atoms with Gasteiger partial charge in [-0.05, 0) is 18.6 Å². The number of carbonyl (C=O) groups is 1. The Hall–Kier alpha value is -1.36. The van der Waals surface area contributed by atoms with Crippen LogP contribution in [0.3, 0.4) is 0 Å². The maximum atomic E-state index is 11.9. The summed E-state index contributed by atoms with van der Waals surface area (Å²) in [7, 11) is 0. The second kappa shape index (κ2) is 7.99. The van der Waals surface area contributed by atoms with Gasteiger partial charge in [-0.3, -0.25) is 4.79 Å². The van der Waals surface area contributed by atoms with Gasteiger partial charge >= 0.3 is 0 Å². The van der Waals surface area contributed by atoms with Gasteiger partial charge in [0.05, 0.1) is 18.4 Å². The van der Waals surface area contributed by atoms with E-state index in [9.17, 15) is 8.68 Å². The zero-order chi connectivity index (χ0) is 11.7. The standard InChI is InChI=1S/C10H12FNO2S/c1-8(4-5-10(3)15-11)6-12-14-7-9(2)13/h4-6H,1,3,7H2,2H3/b5-4-,12-6-. The lowest BCUT2D eigenvalue weighted by molar-refractivity contribution is -0.121. The van der Waals surface area contributed by atoms with Crippen molar-refractivity contribution in [3.63, 3.8) is 0 Å². The molecule has 3 nitrogen and oxygen atoms in total. The average Bonchev–Trinajstić information content (AvgIpc) is 2.20. The molecule has 0 aromatic rings. The normalized spacial score (nSPS) is 10.8. The summed E-state index contributed by atoms with van der Waals surface area (Å²) in [6.45, 7) is 8.33. The van der Waals surface area contributed by atoms with Crippen LogP contribution in [0.1, 0.15) is 6.92 Å². The highest BCUT2D eigenvalue weighted by molar-refractivity contribution is 7.98. The predicted octanol–water partition coefficient (Wildman–Crippen LogP) is 2.82. The number of ketones is 1. The largest absolute Gasteiger partial charge is 0.388 e. The molecule has 0 aromatic heterocycles. The Labute approximate surface area is 92.7 Å². The molecule has 0 saturated carbocycles. The Balaban J connectivity index is 3.88. The van der Waals surface area contributed by atoms with Gasteiger partial charge in [0.2, 0.25) is 0 Å². The Morgan fingerprint density at radius 2 is 2.20 bits per heavy atom. The fourth-order valence-corrected chi connectivity index (χ4v) is 0.621. The van der Waals surface area contributed by atoms with Crippen molar-refractivity contribution >= 4 is 24.1 Å². The second-order valence-corrected chi connectivity index (χ2v) is 3.34. The molecule has 0 radical (unpaired) electrons. The molecule has 0 aliphatic carbocycles. The van der Waals surface area contributed by atoms with E-state index in [1.807, 2.05) is 0 Å². The minimum atomic E-state index is -0.115. The fourth-order valence-electron chi connectivity index (χ4n) is 0.502. The molecule has 0 N–H and O–H groups in total. The highest BCUT2D eigenvalue weighted by Crippen LogP contribution is 2.15. The number of hydrogen-bond donors (Lipinski definition) is 0. The van der Waals surface area contributed by atoms with E-state index < -0.39 is 0 Å². The topological polar surface area (TPSA) is 38.7 Å². The van der Waals surface area contributed by atoms with Crippen molar-refractivity contribution in [1.29, 1.82) is 0 Å². The van der Waals surface area contributed by atoms with Crippen molar-refractivity contribution in [1.82, 2.24) is 0 Å². The average molecular weight is 229 g/mol. The van der Waals surface area contributed by atoms with Crippen LogP contribution >= 0.6 is 12.1 Å². The van der Waals surface area contributed by atoms with Crippen LogP contribution in [0.2, 0.25) is 0 Å². The lowest BCUT2D eigenvalue weighted by atomic mass is 10.3. The zero-order valence-electron chi connectivity index (χ0n) is 8.40. The van der Waals surface area contributed by atoms with Crippen LogP contribution in [0.25, 0.3) is 0 Å². The quantitative estimate of drug-likeness (QED) is 0.383. The molecule has 0 rings (SSSR count). The van der Waals surface area contributed by atoms with Crippen LogP contribution in [-0.2, 0) is 9.63 Å². The molecule has 0 amide bonds. The smallest absolute Gasteiger partial charge is 0.174 e. The molecule has 0 aliphatic rings. The summed E-state index contributed by atoms with van der Waals surface area (Å²) in [5.41, 5.74) is 0.522. The number of oxime groups is 1. The SMILES string of the molecule is C=C(/C=C\C(=C)SF)/C=N\OCC(C)=O. The Morgan fingerprint density at radius 1 is 1.53 bits per heavy atom. The molecule has 0 bridgehead atoms. The second-order valence-electron chi connectivity index (χ2n) is 2.66. The van der Waals surface area contributed by atoms with Crippen LogP contribution in [0.4, 0.5) is 3.89 Å². The molecule has 0 atom stereocenters. The van der Waals surface area contributed by atoms with E-state index >= 15 is 0 Å². The van der Waals surface area contributed by atoms with E-state index in [4.69, 9.17) is 0 Å². The number of Topliss-reactive ketones (excluding diaryl/α,β-unsaturated/α-hetero) is 1. The molecule has 0 aliphatic heterocycles. The first-order valence-corrected chi connectivity index (χ1v) is 4.77. The molecule has 5 heteroatoms. The molecule has 0 spiro atoms. The van der Waals surface area contributed by atoms with Crippen LogP contribution < -0.4 is 0 Å². The number of carbonyl (C=O) groups excluding carboxylic acids is 1. The van der Waals surface area contributed by atoms with Crippen LogP contribution in [-0.4, -0.2) is 18.6 Å². The predicted molar refractivity (Wildman–Crippen MR) is 61.2 cm³/mol. The molecule has 0 saturated heterocycles. The first-order chi connectivity index (χ1) is 7.06. The van der Waals surface area contributed by atoms with E-state index in [0.717, 1.165) is 0 Å². The summed E-state index contributed by atoms with van der Waals surface area (Å²) >= 11 is 0.0563. The van der Waals surface area contributed by atoms with Crippen molar-refractivity contribution < 1.29 is 13.5 Å². The summed E-state index contributed by atoms with van der Waals surface area (Å²) in [4.78, 5) is 15.3. The van der Waals surface area contributed by atoms with Crippen molar-refractivity contribution in [3.05, 3.63) is 35.8 Å². The first kappa shape index (κ1) is 13.6. The van der Waals surface area contributed by atoms with Gasteiger partial charge in [0.25, 0.3) is 0 Å². The van der Waals surface area contributed by atoms with E-state index in [1.54, 1.807) is 0 Å². The maximum absolute atomic E-state index is 11.9. The van der Waals surface area contributed by atoms with E-state index in [0.29, 0.717) is 5.57 Å². The fraction of sp³-hybridized carbons (Fsp3) is 0.200. The third-order valence-electron chi connectivity index (χ3n) is 1.14. The first-order valence-electron chi connectivity index (χ1n) is 4.05. The number of halogens is 1. The van der Waals surface area contributed by atoms with Gasteiger partial charge in [0.15, 0.2) is 12.4 Å². The monoisotopic (exact) mass is 229 g/mol. The summed E-state index contributed by atoms with van der Waals surface area (Å²) < 4.78 is 11.9. The van der Waals surface area contributed by atoms with Gasteiger partial charge in [0.1, 0.15) is 0 Å². The summed E-state index contributed by atoms with van der Waals surface area (Å²) in [5, 5.41) is 3.49. The zero-order valence-corrected chi connectivity index (χ0v) is 9.22. The Kier molecular flexibility index (Phi) is 7.27. The summed E-state index contributed by atoms with van der Waals surface area (Å²) in [6.07, 6.45) is 4.33. The maximum Gasteiger partial charge on any atom is 0.174 e. The van der Waals surface area contributed by atoms with Crippen molar-refractivity contribution in [3.8, 4) is 0 Å². The van der Waals surface area contributed by atoms with Gasteiger partial charge in [-0.15, -0.1) is 0 Å². The van der Waals surface area contributed by atoms with Crippen LogP contribution in [0, 0.1) is 0 Å². The lowest BCUT2D eigenvalue weighted by Crippen LogP contribution is -1.99. The minimum Gasteiger partial charge on any atom is -0.388 e. The molecular weight excluding hydrogens is 217 g/mol. The molecule has 0 heterocycles. The van der Waals surface area contributed by atoms with Crippen molar-refractivity contribution in [2.75, 3.05) is 6.61 Å². The molecule has 15 heavy (non-hydrogen) atoms. The van der Waals surface area contributed by atoms with Crippen LogP contribution in [0.15, 0.2) is 40.9 Å². The van der Waals surface area contributed by atoms with Gasteiger partial charge in [-0.1, -0.05) is 24.4 Å². The van der Waals surface area contributed by atoms with Crippen LogP contribution in [0.5, 0.6) is 0 Å². The minimum absolute atomic E-state index is 0.0563. The van der Waals surface area contributed by atoms with E-state index in [1.165, 1.54) is 25.3 Å². The van der Waals surface area contributed by atoms with Gasteiger partial charge in [-0.2, -0.15) is 3.89 Å². The highest BCUT2D eigenvalue weighted by atomic mass is 32.2. The van der Waals surface area contributed by atoms with E-state index in [2.05, 4.69) is 23.2 Å². The molecule has 0 aromatic carbocycles. The Bertz CT molecular complexity index is 311. The summed E-state index contributed by atoms with van der Waals surface area (Å²) in [5.74, 6) is -0.115. The van der Waals surface area contributed by atoms with Gasteiger partial charge in [0, 0.05) is 4.91 Å². The number of hydrogen-bond acceptors (Lipinski definition) is 4. The van der Waals surface area contributed by atoms with E-state index in [-0.39, 0.29) is 29.4 Å². The highest BCUT2D eigenvalue weighted by Gasteiger charge is 1.90. The number of allylic oxidation sites excluding steroid dienone is 3.